The summed E-state index contributed by atoms with van der Waals surface area (Å²) in [7, 11) is 0. The van der Waals surface area contributed by atoms with Crippen molar-refractivity contribution in [2.75, 3.05) is 5.32 Å². The molecule has 1 nitrogen and oxygen atoms in total. The first-order chi connectivity index (χ1) is 14.6. The summed E-state index contributed by atoms with van der Waals surface area (Å²) in [6, 6.07) is 19.9. The van der Waals surface area contributed by atoms with Gasteiger partial charge in [0.05, 0.1) is 0 Å². The van der Waals surface area contributed by atoms with Crippen molar-refractivity contribution in [3.8, 4) is 0 Å². The Balaban J connectivity index is 1.55. The van der Waals surface area contributed by atoms with Gasteiger partial charge in [0.1, 0.15) is 0 Å². The van der Waals surface area contributed by atoms with E-state index in [1.807, 2.05) is 0 Å². The number of benzene rings is 2. The van der Waals surface area contributed by atoms with Crippen LogP contribution in [0.15, 0.2) is 96.1 Å². The minimum absolute atomic E-state index is 0.346. The van der Waals surface area contributed by atoms with E-state index in [0.717, 1.165) is 12.3 Å². The van der Waals surface area contributed by atoms with Crippen LogP contribution in [0.3, 0.4) is 0 Å². The summed E-state index contributed by atoms with van der Waals surface area (Å²) in [4.78, 5) is 0. The zero-order chi connectivity index (χ0) is 20.9. The molecular weight excluding hydrogens is 362 g/mol. The maximum atomic E-state index is 3.63. The van der Waals surface area contributed by atoms with E-state index in [4.69, 9.17) is 0 Å². The highest BCUT2D eigenvalue weighted by Crippen LogP contribution is 2.38. The maximum Gasteiger partial charge on any atom is 0.0482 e. The van der Waals surface area contributed by atoms with Crippen molar-refractivity contribution in [3.05, 3.63) is 107 Å². The molecule has 0 radical (unpaired) electrons. The Kier molecular flexibility index (Phi) is 6.38. The molecule has 2 aromatic carbocycles. The van der Waals surface area contributed by atoms with Crippen LogP contribution in [0, 0.1) is 18.8 Å². The Morgan fingerprint density at radius 1 is 0.933 bits per heavy atom. The van der Waals surface area contributed by atoms with Gasteiger partial charge in [0.15, 0.2) is 0 Å². The van der Waals surface area contributed by atoms with Gasteiger partial charge in [0.2, 0.25) is 0 Å². The molecule has 4 rings (SSSR count). The number of hydrogen-bond acceptors (Lipinski definition) is 1. The highest BCUT2D eigenvalue weighted by atomic mass is 14.9. The molecule has 0 amide bonds. The van der Waals surface area contributed by atoms with Crippen molar-refractivity contribution in [2.24, 2.45) is 11.8 Å². The zero-order valence-electron chi connectivity index (χ0n) is 18.4. The number of rotatable bonds is 5. The number of anilines is 1. The molecule has 0 spiro atoms. The summed E-state index contributed by atoms with van der Waals surface area (Å²) in [6.45, 7) is 6.87. The molecule has 3 unspecified atom stereocenters. The van der Waals surface area contributed by atoms with Crippen molar-refractivity contribution in [2.45, 2.75) is 46.1 Å². The minimum atomic E-state index is 0.346. The van der Waals surface area contributed by atoms with Crippen molar-refractivity contribution < 1.29 is 0 Å². The van der Waals surface area contributed by atoms with Gasteiger partial charge < -0.3 is 5.32 Å². The van der Waals surface area contributed by atoms with Gasteiger partial charge in [-0.2, -0.15) is 0 Å². The number of hydrogen-bond donors (Lipinski definition) is 1. The Labute approximate surface area is 181 Å². The molecule has 0 bridgehead atoms. The van der Waals surface area contributed by atoms with E-state index in [2.05, 4.69) is 111 Å². The molecule has 30 heavy (non-hydrogen) atoms. The van der Waals surface area contributed by atoms with E-state index in [0.29, 0.717) is 12.0 Å². The topological polar surface area (TPSA) is 12.0 Å². The van der Waals surface area contributed by atoms with E-state index in [9.17, 15) is 0 Å². The van der Waals surface area contributed by atoms with Gasteiger partial charge in [-0.3, -0.25) is 0 Å². The van der Waals surface area contributed by atoms with Crippen LogP contribution in [-0.4, -0.2) is 6.04 Å². The number of allylic oxidation sites excluding steroid dienone is 6. The van der Waals surface area contributed by atoms with Crippen LogP contribution in [0.25, 0.3) is 5.57 Å². The third-order valence-electron chi connectivity index (χ3n) is 6.27. The Morgan fingerprint density at radius 2 is 1.70 bits per heavy atom. The van der Waals surface area contributed by atoms with Crippen LogP contribution < -0.4 is 5.32 Å². The molecule has 1 N–H and O–H groups in total. The first-order valence-corrected chi connectivity index (χ1v) is 11.3. The number of nitrogens with one attached hydrogen (secondary N) is 1. The van der Waals surface area contributed by atoms with Gasteiger partial charge in [-0.15, -0.1) is 0 Å². The van der Waals surface area contributed by atoms with Crippen LogP contribution in [0.4, 0.5) is 5.69 Å². The van der Waals surface area contributed by atoms with Gasteiger partial charge in [-0.1, -0.05) is 86.2 Å². The molecule has 1 heteroatoms. The highest BCUT2D eigenvalue weighted by Gasteiger charge is 2.22. The standard InChI is InChI=1S/C29H33N/c1-21-9-14-26(15-10-21)30-27-16-12-24(13-17-27)20-29(25-7-5-4-6-8-25)28-18-11-22(2)19-23(28)3/h4-10,12-16,18,20,22-23,27,30H,11,17,19H2,1-3H3. The summed E-state index contributed by atoms with van der Waals surface area (Å²) < 4.78 is 0. The van der Waals surface area contributed by atoms with Crippen LogP contribution in [0.1, 0.15) is 44.2 Å². The third kappa shape index (κ3) is 5.02. The lowest BCUT2D eigenvalue weighted by Gasteiger charge is -2.27. The van der Waals surface area contributed by atoms with Crippen molar-refractivity contribution in [1.29, 1.82) is 0 Å². The molecule has 2 aliphatic carbocycles. The molecule has 0 saturated carbocycles. The quantitative estimate of drug-likeness (QED) is 0.546. The van der Waals surface area contributed by atoms with Crippen molar-refractivity contribution in [3.63, 3.8) is 0 Å². The van der Waals surface area contributed by atoms with Gasteiger partial charge in [0, 0.05) is 11.7 Å². The second-order valence-corrected chi connectivity index (χ2v) is 8.98. The predicted molar refractivity (Wildman–Crippen MR) is 130 cm³/mol. The normalized spacial score (nSPS) is 24.2. The SMILES string of the molecule is Cc1ccc(NC2C=CC(C=C(C3=CCC(C)CC3C)c3ccccc3)=CC2)cc1. The van der Waals surface area contributed by atoms with Crippen LogP contribution in [0.2, 0.25) is 0 Å². The van der Waals surface area contributed by atoms with Gasteiger partial charge in [0.25, 0.3) is 0 Å². The lowest BCUT2D eigenvalue weighted by atomic mass is 9.77. The average Bonchev–Trinajstić information content (AvgIpc) is 2.76. The molecule has 0 heterocycles. The van der Waals surface area contributed by atoms with Gasteiger partial charge >= 0.3 is 0 Å². The minimum Gasteiger partial charge on any atom is -0.379 e. The fraction of sp³-hybridized carbons (Fsp3) is 0.310. The molecule has 0 aliphatic heterocycles. The molecule has 0 aromatic heterocycles. The monoisotopic (exact) mass is 395 g/mol. The van der Waals surface area contributed by atoms with Crippen molar-refractivity contribution >= 4 is 11.3 Å². The summed E-state index contributed by atoms with van der Waals surface area (Å²) in [5.74, 6) is 1.38. The van der Waals surface area contributed by atoms with Gasteiger partial charge in [-0.25, -0.2) is 0 Å². The van der Waals surface area contributed by atoms with Crippen LogP contribution in [0.5, 0.6) is 0 Å². The maximum absolute atomic E-state index is 3.63. The summed E-state index contributed by atoms with van der Waals surface area (Å²) in [5.41, 5.74) is 8.00. The van der Waals surface area contributed by atoms with Crippen LogP contribution >= 0.6 is 0 Å². The summed E-state index contributed by atoms with van der Waals surface area (Å²) in [6.07, 6.45) is 15.3. The molecule has 2 aliphatic rings. The second kappa shape index (κ2) is 9.34. The van der Waals surface area contributed by atoms with E-state index in [1.54, 1.807) is 0 Å². The molecule has 154 valence electrons. The smallest absolute Gasteiger partial charge is 0.0482 e. The Bertz CT molecular complexity index is 973. The molecule has 0 saturated heterocycles. The lowest BCUT2D eigenvalue weighted by molar-refractivity contribution is 0.438. The average molecular weight is 396 g/mol. The highest BCUT2D eigenvalue weighted by molar-refractivity contribution is 5.82. The number of aryl methyl sites for hydroxylation is 1. The summed E-state index contributed by atoms with van der Waals surface area (Å²) in [5, 5.41) is 3.63. The van der Waals surface area contributed by atoms with E-state index in [1.165, 1.54) is 46.4 Å². The predicted octanol–water partition coefficient (Wildman–Crippen LogP) is 7.74. The first-order valence-electron chi connectivity index (χ1n) is 11.3. The van der Waals surface area contributed by atoms with Crippen molar-refractivity contribution in [1.82, 2.24) is 0 Å². The molecular formula is C29H33N. The molecule has 2 aromatic rings. The van der Waals surface area contributed by atoms with Gasteiger partial charge in [-0.05, 0) is 78.5 Å². The Morgan fingerprint density at radius 3 is 2.37 bits per heavy atom. The third-order valence-corrected chi connectivity index (χ3v) is 6.27. The molecule has 3 atom stereocenters. The first kappa shape index (κ1) is 20.5. The lowest BCUT2D eigenvalue weighted by Crippen LogP contribution is -2.17. The molecule has 0 fully saturated rings. The summed E-state index contributed by atoms with van der Waals surface area (Å²) >= 11 is 0. The van der Waals surface area contributed by atoms with E-state index in [-0.39, 0.29) is 0 Å². The second-order valence-electron chi connectivity index (χ2n) is 8.98. The van der Waals surface area contributed by atoms with E-state index >= 15 is 0 Å². The zero-order valence-corrected chi connectivity index (χ0v) is 18.4. The largest absolute Gasteiger partial charge is 0.379 e. The van der Waals surface area contributed by atoms with Crippen LogP contribution in [-0.2, 0) is 0 Å². The Hall–Kier alpha value is -2.80. The fourth-order valence-electron chi connectivity index (χ4n) is 4.56. The fourth-order valence-corrected chi connectivity index (χ4v) is 4.56. The van der Waals surface area contributed by atoms with E-state index < -0.39 is 0 Å².